The van der Waals surface area contributed by atoms with E-state index in [2.05, 4.69) is 44.1 Å². The maximum absolute atomic E-state index is 12.7. The van der Waals surface area contributed by atoms with Gasteiger partial charge < -0.3 is 24.9 Å². The van der Waals surface area contributed by atoms with Crippen LogP contribution in [0.3, 0.4) is 0 Å². The maximum atomic E-state index is 12.7. The number of likely N-dealkylation sites (N-methyl/N-ethyl adjacent to an activating group) is 1. The number of likely N-dealkylation sites (tertiary alicyclic amines) is 2. The van der Waals surface area contributed by atoms with Gasteiger partial charge >= 0.3 is 6.03 Å². The maximum Gasteiger partial charge on any atom is 0.317 e. The normalized spacial score (nSPS) is 26.8. The number of nitrogens with zero attached hydrogens (tertiary/aromatic N) is 6. The van der Waals surface area contributed by atoms with Crippen molar-refractivity contribution in [3.8, 4) is 0 Å². The minimum absolute atomic E-state index is 0.0323. The number of piperazine rings is 1. The second-order valence-corrected chi connectivity index (χ2v) is 8.81. The average Bonchev–Trinajstić information content (AvgIpc) is 3.10. The molecule has 1 aromatic heterocycles. The Balaban J connectivity index is 1.30. The van der Waals surface area contributed by atoms with Crippen molar-refractivity contribution in [2.45, 2.75) is 25.8 Å². The zero-order valence-corrected chi connectivity index (χ0v) is 17.2. The van der Waals surface area contributed by atoms with Crippen LogP contribution in [-0.4, -0.2) is 97.2 Å². The Labute approximate surface area is 167 Å². The quantitative estimate of drug-likeness (QED) is 0.830. The second kappa shape index (κ2) is 8.21. The largest absolute Gasteiger partial charge is 0.338 e. The molecular formula is C20H33N7O. The van der Waals surface area contributed by atoms with Gasteiger partial charge in [0.1, 0.15) is 0 Å². The molecule has 1 aromatic rings. The average molecular weight is 388 g/mol. The number of amides is 2. The lowest BCUT2D eigenvalue weighted by atomic mass is 9.79. The Bertz CT molecular complexity index is 691. The predicted molar refractivity (Wildman–Crippen MR) is 109 cm³/mol. The summed E-state index contributed by atoms with van der Waals surface area (Å²) in [6, 6.07) is 1.92. The van der Waals surface area contributed by atoms with Crippen molar-refractivity contribution in [2.75, 3.05) is 71.4 Å². The molecule has 1 unspecified atom stereocenters. The van der Waals surface area contributed by atoms with E-state index >= 15 is 0 Å². The van der Waals surface area contributed by atoms with Crippen LogP contribution in [0, 0.1) is 5.41 Å². The first-order valence-corrected chi connectivity index (χ1v) is 10.5. The molecule has 1 N–H and O–H groups in total. The molecule has 3 fully saturated rings. The summed E-state index contributed by atoms with van der Waals surface area (Å²) in [6.45, 7) is 8.40. The fourth-order valence-corrected chi connectivity index (χ4v) is 4.82. The Kier molecular flexibility index (Phi) is 5.68. The van der Waals surface area contributed by atoms with Gasteiger partial charge in [0.25, 0.3) is 0 Å². The number of hydrogen-bond acceptors (Lipinski definition) is 6. The fourth-order valence-electron chi connectivity index (χ4n) is 4.82. The fraction of sp³-hybridized carbons (Fsp3) is 0.750. The van der Waals surface area contributed by atoms with Crippen LogP contribution in [-0.2, 0) is 6.54 Å². The van der Waals surface area contributed by atoms with Gasteiger partial charge in [-0.15, -0.1) is 0 Å². The summed E-state index contributed by atoms with van der Waals surface area (Å²) in [5.41, 5.74) is 1.16. The third-order valence-corrected chi connectivity index (χ3v) is 6.49. The van der Waals surface area contributed by atoms with E-state index in [1.807, 2.05) is 11.0 Å². The molecule has 4 rings (SSSR count). The summed E-state index contributed by atoms with van der Waals surface area (Å²) < 4.78 is 0. The molecule has 4 heterocycles. The van der Waals surface area contributed by atoms with Crippen molar-refractivity contribution >= 4 is 12.0 Å². The molecule has 0 radical (unpaired) electrons. The van der Waals surface area contributed by atoms with Gasteiger partial charge in [0, 0.05) is 57.4 Å². The number of nitrogens with one attached hydrogen (secondary N) is 1. The highest BCUT2D eigenvalue weighted by molar-refractivity contribution is 5.74. The smallest absolute Gasteiger partial charge is 0.317 e. The first-order chi connectivity index (χ1) is 13.5. The summed E-state index contributed by atoms with van der Waals surface area (Å²) >= 11 is 0. The first-order valence-electron chi connectivity index (χ1n) is 10.5. The summed E-state index contributed by atoms with van der Waals surface area (Å²) in [7, 11) is 4.33. The second-order valence-electron chi connectivity index (χ2n) is 8.81. The van der Waals surface area contributed by atoms with Gasteiger partial charge in [-0.25, -0.2) is 14.8 Å². The summed E-state index contributed by atoms with van der Waals surface area (Å²) in [6.07, 6.45) is 5.39. The Morgan fingerprint density at radius 1 is 1.07 bits per heavy atom. The SMILES string of the molecule is CN1CCN(c2nccc(CNC(=O)N3CCC4(CCCN(C)C4)C3)n2)CC1. The minimum Gasteiger partial charge on any atom is -0.338 e. The summed E-state index contributed by atoms with van der Waals surface area (Å²) in [5, 5.41) is 3.07. The van der Waals surface area contributed by atoms with Crippen molar-refractivity contribution in [1.82, 2.24) is 30.0 Å². The van der Waals surface area contributed by atoms with Crippen LogP contribution in [0.4, 0.5) is 10.7 Å². The number of aromatic nitrogens is 2. The molecule has 8 nitrogen and oxygen atoms in total. The van der Waals surface area contributed by atoms with Gasteiger partial charge in [0.15, 0.2) is 0 Å². The van der Waals surface area contributed by atoms with Crippen LogP contribution >= 0.6 is 0 Å². The topological polar surface area (TPSA) is 67.8 Å². The molecule has 3 aliphatic rings. The predicted octanol–water partition coefficient (Wildman–Crippen LogP) is 0.856. The molecule has 0 aromatic carbocycles. The van der Waals surface area contributed by atoms with E-state index in [1.54, 1.807) is 6.20 Å². The van der Waals surface area contributed by atoms with Crippen LogP contribution in [0.1, 0.15) is 25.0 Å². The van der Waals surface area contributed by atoms with Gasteiger partial charge in [-0.05, 0) is 46.0 Å². The van der Waals surface area contributed by atoms with Crippen molar-refractivity contribution in [1.29, 1.82) is 0 Å². The van der Waals surface area contributed by atoms with Crippen molar-refractivity contribution < 1.29 is 4.79 Å². The van der Waals surface area contributed by atoms with Gasteiger partial charge in [0.05, 0.1) is 12.2 Å². The molecule has 0 bridgehead atoms. The highest BCUT2D eigenvalue weighted by Gasteiger charge is 2.41. The molecule has 3 saturated heterocycles. The highest BCUT2D eigenvalue weighted by atomic mass is 16.2. The Hall–Kier alpha value is -1.93. The number of rotatable bonds is 3. The van der Waals surface area contributed by atoms with Crippen LogP contribution in [0.25, 0.3) is 0 Å². The molecule has 0 saturated carbocycles. The molecule has 8 heteroatoms. The Morgan fingerprint density at radius 3 is 2.68 bits per heavy atom. The number of hydrogen-bond donors (Lipinski definition) is 1. The lowest BCUT2D eigenvalue weighted by Crippen LogP contribution is -2.45. The van der Waals surface area contributed by atoms with E-state index < -0.39 is 0 Å². The molecular weight excluding hydrogens is 354 g/mol. The van der Waals surface area contributed by atoms with Gasteiger partial charge in [-0.3, -0.25) is 0 Å². The van der Waals surface area contributed by atoms with Gasteiger partial charge in [-0.1, -0.05) is 0 Å². The summed E-state index contributed by atoms with van der Waals surface area (Å²) in [4.78, 5) is 30.7. The van der Waals surface area contributed by atoms with Crippen molar-refractivity contribution in [2.24, 2.45) is 5.41 Å². The third-order valence-electron chi connectivity index (χ3n) is 6.49. The molecule has 154 valence electrons. The molecule has 28 heavy (non-hydrogen) atoms. The van der Waals surface area contributed by atoms with Crippen LogP contribution in [0.5, 0.6) is 0 Å². The van der Waals surface area contributed by atoms with Gasteiger partial charge in [-0.2, -0.15) is 0 Å². The van der Waals surface area contributed by atoms with E-state index in [0.717, 1.165) is 63.9 Å². The lowest BCUT2D eigenvalue weighted by Gasteiger charge is -2.38. The summed E-state index contributed by atoms with van der Waals surface area (Å²) in [5.74, 6) is 0.769. The van der Waals surface area contributed by atoms with E-state index in [0.29, 0.717) is 12.0 Å². The molecule has 0 aliphatic carbocycles. The van der Waals surface area contributed by atoms with Crippen LogP contribution in [0.15, 0.2) is 12.3 Å². The molecule has 2 amide bonds. The van der Waals surface area contributed by atoms with Crippen molar-refractivity contribution in [3.05, 3.63) is 18.0 Å². The monoisotopic (exact) mass is 387 g/mol. The van der Waals surface area contributed by atoms with Crippen LogP contribution < -0.4 is 10.2 Å². The molecule has 1 spiro atoms. The van der Waals surface area contributed by atoms with E-state index in [1.165, 1.54) is 19.4 Å². The lowest BCUT2D eigenvalue weighted by molar-refractivity contribution is 0.115. The highest BCUT2D eigenvalue weighted by Crippen LogP contribution is 2.38. The first kappa shape index (κ1) is 19.4. The van der Waals surface area contributed by atoms with Gasteiger partial charge in [0.2, 0.25) is 5.95 Å². The zero-order chi connectivity index (χ0) is 19.6. The van der Waals surface area contributed by atoms with E-state index in [-0.39, 0.29) is 6.03 Å². The minimum atomic E-state index is 0.0323. The Morgan fingerprint density at radius 2 is 1.89 bits per heavy atom. The van der Waals surface area contributed by atoms with E-state index in [9.17, 15) is 4.79 Å². The zero-order valence-electron chi connectivity index (χ0n) is 17.2. The molecule has 3 aliphatic heterocycles. The van der Waals surface area contributed by atoms with Crippen molar-refractivity contribution in [3.63, 3.8) is 0 Å². The molecule has 1 atom stereocenters. The number of carbonyl (C=O) groups excluding carboxylic acids is 1. The number of anilines is 1. The van der Waals surface area contributed by atoms with E-state index in [4.69, 9.17) is 0 Å². The van der Waals surface area contributed by atoms with Crippen LogP contribution in [0.2, 0.25) is 0 Å². The third kappa shape index (κ3) is 4.38. The number of carbonyl (C=O) groups is 1. The standard InChI is InChI=1S/C20H33N7O/c1-24-10-12-26(13-11-24)18-21-7-4-17(23-18)14-22-19(28)27-9-6-20(16-27)5-3-8-25(2)15-20/h4,7H,3,5-6,8-16H2,1-2H3,(H,22,28). The number of piperidine rings is 1. The number of urea groups is 1.